The number of aliphatic hydroxyl groups excluding tert-OH is 1. The highest BCUT2D eigenvalue weighted by molar-refractivity contribution is 5.51. The maximum absolute atomic E-state index is 8.91. The fraction of sp³-hybridized carbons (Fsp3) is 0.500. The number of hydrogen-bond donors (Lipinski definition) is 2. The van der Waals surface area contributed by atoms with E-state index >= 15 is 0 Å². The van der Waals surface area contributed by atoms with Crippen LogP contribution < -0.4 is 19.9 Å². The van der Waals surface area contributed by atoms with Gasteiger partial charge in [0, 0.05) is 24.3 Å². The minimum Gasteiger partial charge on any atom is -0.496 e. The molecule has 1 atom stereocenters. The summed E-state index contributed by atoms with van der Waals surface area (Å²) in [6.07, 6.45) is 0.464. The van der Waals surface area contributed by atoms with Gasteiger partial charge in [-0.15, -0.1) is 0 Å². The Kier molecular flexibility index (Phi) is 5.06. The molecule has 17 heavy (non-hydrogen) atoms. The fourth-order valence-electron chi connectivity index (χ4n) is 1.64. The Morgan fingerprint density at radius 3 is 2.06 bits per heavy atom. The molecule has 5 nitrogen and oxygen atoms in total. The van der Waals surface area contributed by atoms with Gasteiger partial charge >= 0.3 is 0 Å². The van der Waals surface area contributed by atoms with Crippen molar-refractivity contribution in [1.82, 2.24) is 0 Å². The molecule has 3 N–H and O–H groups in total. The lowest BCUT2D eigenvalue weighted by atomic mass is 10.0. The molecule has 5 heteroatoms. The molecule has 1 aromatic carbocycles. The third-order valence-corrected chi connectivity index (χ3v) is 2.58. The molecule has 0 fully saturated rings. The van der Waals surface area contributed by atoms with E-state index in [0.717, 1.165) is 5.56 Å². The largest absolute Gasteiger partial charge is 0.496 e. The number of nitrogens with two attached hydrogens (primary N) is 1. The van der Waals surface area contributed by atoms with Crippen LogP contribution >= 0.6 is 0 Å². The smallest absolute Gasteiger partial charge is 0.164 e. The first kappa shape index (κ1) is 13.6. The Labute approximate surface area is 101 Å². The molecule has 0 bridgehead atoms. The van der Waals surface area contributed by atoms with Crippen molar-refractivity contribution >= 4 is 0 Å². The Morgan fingerprint density at radius 1 is 1.06 bits per heavy atom. The van der Waals surface area contributed by atoms with Gasteiger partial charge in [-0.2, -0.15) is 0 Å². The molecule has 96 valence electrons. The molecule has 1 rings (SSSR count). The molecule has 1 aromatic rings. The quantitative estimate of drug-likeness (QED) is 0.780. The van der Waals surface area contributed by atoms with Gasteiger partial charge in [-0.3, -0.25) is 0 Å². The number of aliphatic hydroxyl groups is 1. The summed E-state index contributed by atoms with van der Waals surface area (Å²) in [5.74, 6) is 1.81. The molecular weight excluding hydrogens is 222 g/mol. The van der Waals surface area contributed by atoms with Gasteiger partial charge in [-0.1, -0.05) is 0 Å². The Bertz CT molecular complexity index is 368. The first-order valence-electron chi connectivity index (χ1n) is 5.34. The summed E-state index contributed by atoms with van der Waals surface area (Å²) < 4.78 is 15.6. The Morgan fingerprint density at radius 2 is 1.59 bits per heavy atom. The van der Waals surface area contributed by atoms with Crippen molar-refractivity contribution in [2.45, 2.75) is 12.5 Å². The van der Waals surface area contributed by atoms with E-state index in [1.165, 1.54) is 0 Å². The molecule has 0 aliphatic heterocycles. The van der Waals surface area contributed by atoms with Crippen molar-refractivity contribution in [1.29, 1.82) is 0 Å². The number of methoxy groups -OCH3 is 3. The van der Waals surface area contributed by atoms with Crippen molar-refractivity contribution in [3.05, 3.63) is 17.7 Å². The molecule has 0 saturated carbocycles. The highest BCUT2D eigenvalue weighted by Crippen LogP contribution is 2.37. The van der Waals surface area contributed by atoms with Crippen molar-refractivity contribution in [3.63, 3.8) is 0 Å². The van der Waals surface area contributed by atoms with Gasteiger partial charge in [0.1, 0.15) is 5.75 Å². The van der Waals surface area contributed by atoms with E-state index in [4.69, 9.17) is 25.1 Å². The minimum absolute atomic E-state index is 0.0265. The van der Waals surface area contributed by atoms with Gasteiger partial charge in [0.2, 0.25) is 0 Å². The van der Waals surface area contributed by atoms with Crippen LogP contribution in [0.3, 0.4) is 0 Å². The van der Waals surface area contributed by atoms with Crippen LogP contribution in [0.25, 0.3) is 0 Å². The molecule has 0 unspecified atom stereocenters. The van der Waals surface area contributed by atoms with Crippen LogP contribution in [0.2, 0.25) is 0 Å². The molecular formula is C12H19NO4. The van der Waals surface area contributed by atoms with Crippen molar-refractivity contribution in [2.24, 2.45) is 5.73 Å². The molecule has 0 amide bonds. The van der Waals surface area contributed by atoms with Crippen molar-refractivity contribution in [2.75, 3.05) is 27.9 Å². The summed E-state index contributed by atoms with van der Waals surface area (Å²) in [5.41, 5.74) is 6.75. The number of benzene rings is 1. The van der Waals surface area contributed by atoms with Crippen LogP contribution in [0.4, 0.5) is 0 Å². The Hall–Kier alpha value is -1.46. The third-order valence-electron chi connectivity index (χ3n) is 2.58. The second kappa shape index (κ2) is 6.32. The molecule has 0 radical (unpaired) electrons. The summed E-state index contributed by atoms with van der Waals surface area (Å²) in [6, 6.07) is 3.21. The topological polar surface area (TPSA) is 73.9 Å². The van der Waals surface area contributed by atoms with E-state index in [-0.39, 0.29) is 12.6 Å². The van der Waals surface area contributed by atoms with Crippen LogP contribution in [-0.4, -0.2) is 33.0 Å². The van der Waals surface area contributed by atoms with Crippen LogP contribution in [0.5, 0.6) is 17.2 Å². The van der Waals surface area contributed by atoms with Gasteiger partial charge in [0.05, 0.1) is 21.3 Å². The average Bonchev–Trinajstić information content (AvgIpc) is 2.37. The highest BCUT2D eigenvalue weighted by atomic mass is 16.5. The van der Waals surface area contributed by atoms with Gasteiger partial charge in [-0.25, -0.2) is 0 Å². The highest BCUT2D eigenvalue weighted by Gasteiger charge is 2.16. The van der Waals surface area contributed by atoms with Crippen molar-refractivity contribution in [3.8, 4) is 17.2 Å². The van der Waals surface area contributed by atoms with E-state index in [2.05, 4.69) is 0 Å². The van der Waals surface area contributed by atoms with E-state index in [0.29, 0.717) is 23.7 Å². The normalized spacial score (nSPS) is 12.1. The standard InChI is InChI=1S/C12H19NO4/c1-15-10-7-12(17-3)11(16-2)6-8(10)9(13)4-5-14/h6-7,9,14H,4-5,13H2,1-3H3/t9-/m1/s1. The molecule has 0 saturated heterocycles. The monoisotopic (exact) mass is 241 g/mol. The van der Waals surface area contributed by atoms with E-state index in [1.807, 2.05) is 0 Å². The van der Waals surface area contributed by atoms with Crippen LogP contribution in [0, 0.1) is 0 Å². The zero-order valence-electron chi connectivity index (χ0n) is 10.4. The maximum atomic E-state index is 8.91. The second-order valence-electron chi connectivity index (χ2n) is 3.57. The van der Waals surface area contributed by atoms with Gasteiger partial charge < -0.3 is 25.1 Å². The van der Waals surface area contributed by atoms with Gasteiger partial charge in [0.15, 0.2) is 11.5 Å². The average molecular weight is 241 g/mol. The molecule has 0 aliphatic carbocycles. The lowest BCUT2D eigenvalue weighted by molar-refractivity contribution is 0.274. The van der Waals surface area contributed by atoms with E-state index < -0.39 is 0 Å². The first-order chi connectivity index (χ1) is 8.17. The summed E-state index contributed by atoms with van der Waals surface area (Å²) in [6.45, 7) is 0.0265. The summed E-state index contributed by atoms with van der Waals surface area (Å²) in [4.78, 5) is 0. The van der Waals surface area contributed by atoms with Crippen LogP contribution in [0.1, 0.15) is 18.0 Å². The SMILES string of the molecule is COc1cc(OC)c([C@H](N)CCO)cc1OC. The van der Waals surface area contributed by atoms with Gasteiger partial charge in [0.25, 0.3) is 0 Å². The second-order valence-corrected chi connectivity index (χ2v) is 3.57. The minimum atomic E-state index is -0.297. The number of hydrogen-bond acceptors (Lipinski definition) is 5. The lowest BCUT2D eigenvalue weighted by Gasteiger charge is -2.18. The zero-order chi connectivity index (χ0) is 12.8. The molecule has 0 aromatic heterocycles. The molecule has 0 heterocycles. The zero-order valence-corrected chi connectivity index (χ0v) is 10.4. The third kappa shape index (κ3) is 3.01. The Balaban J connectivity index is 3.18. The molecule has 0 spiro atoms. The predicted octanol–water partition coefficient (Wildman–Crippen LogP) is 1.09. The maximum Gasteiger partial charge on any atom is 0.164 e. The predicted molar refractivity (Wildman–Crippen MR) is 64.7 cm³/mol. The fourth-order valence-corrected chi connectivity index (χ4v) is 1.64. The number of ether oxygens (including phenoxy) is 3. The molecule has 0 aliphatic rings. The van der Waals surface area contributed by atoms with Crippen molar-refractivity contribution < 1.29 is 19.3 Å². The van der Waals surface area contributed by atoms with Crippen LogP contribution in [0.15, 0.2) is 12.1 Å². The first-order valence-corrected chi connectivity index (χ1v) is 5.34. The summed E-state index contributed by atoms with van der Waals surface area (Å²) in [5, 5.41) is 8.91. The number of rotatable bonds is 6. The lowest BCUT2D eigenvalue weighted by Crippen LogP contribution is -2.13. The summed E-state index contributed by atoms with van der Waals surface area (Å²) >= 11 is 0. The summed E-state index contributed by atoms with van der Waals surface area (Å²) in [7, 11) is 4.69. The van der Waals surface area contributed by atoms with Gasteiger partial charge in [-0.05, 0) is 12.5 Å². The van der Waals surface area contributed by atoms with E-state index in [1.54, 1.807) is 33.5 Å². The van der Waals surface area contributed by atoms with E-state index in [9.17, 15) is 0 Å². The van der Waals surface area contributed by atoms with Crippen LogP contribution in [-0.2, 0) is 0 Å².